The van der Waals surface area contributed by atoms with Crippen LogP contribution < -0.4 is 9.80 Å². The number of anilines is 6. The molecule has 13 aromatic carbocycles. The summed E-state index contributed by atoms with van der Waals surface area (Å²) in [6.45, 7) is 0. The predicted octanol–water partition coefficient (Wildman–Crippen LogP) is 19.3. The van der Waals surface area contributed by atoms with Crippen LogP contribution in [0.3, 0.4) is 0 Å². The van der Waals surface area contributed by atoms with Crippen LogP contribution in [0.25, 0.3) is 109 Å². The van der Waals surface area contributed by atoms with Crippen molar-refractivity contribution in [1.29, 1.82) is 0 Å². The first kappa shape index (κ1) is 38.7. The fourth-order valence-electron chi connectivity index (χ4n) is 11.4. The number of rotatable bonds is 6. The van der Waals surface area contributed by atoms with Crippen LogP contribution in [-0.2, 0) is 0 Å². The first-order valence-corrected chi connectivity index (χ1v) is 23.9. The van der Waals surface area contributed by atoms with Gasteiger partial charge in [-0.1, -0.05) is 170 Å². The Hall–Kier alpha value is -9.38. The SMILES string of the molecule is c1ccc(N(c2ccc3ccc4ccccc4c3c2)c2cc3oc4cc5c(cc4c3c3ccccc23)oc2cc(N(c3ccccc3)c3ccc4ccc6ccccc6c4c3)c3ccccc3c25)cc1. The van der Waals surface area contributed by atoms with Gasteiger partial charge in [-0.25, -0.2) is 0 Å². The van der Waals surface area contributed by atoms with Crippen molar-refractivity contribution in [3.05, 3.63) is 243 Å². The molecule has 70 heavy (non-hydrogen) atoms. The highest BCUT2D eigenvalue weighted by molar-refractivity contribution is 6.28. The molecule has 0 atom stereocenters. The maximum Gasteiger partial charge on any atom is 0.138 e. The van der Waals surface area contributed by atoms with Crippen molar-refractivity contribution >= 4 is 143 Å². The lowest BCUT2D eigenvalue weighted by Crippen LogP contribution is -2.10. The van der Waals surface area contributed by atoms with Crippen molar-refractivity contribution in [2.75, 3.05) is 9.80 Å². The molecule has 0 aliphatic carbocycles. The van der Waals surface area contributed by atoms with Crippen molar-refractivity contribution in [3.63, 3.8) is 0 Å². The molecular weight excluding hydrogens is 853 g/mol. The van der Waals surface area contributed by atoms with E-state index in [1.165, 1.54) is 43.1 Å². The molecule has 2 heterocycles. The second-order valence-electron chi connectivity index (χ2n) is 18.4. The fraction of sp³-hybridized carbons (Fsp3) is 0. The van der Waals surface area contributed by atoms with Crippen LogP contribution in [0.2, 0.25) is 0 Å². The van der Waals surface area contributed by atoms with Crippen LogP contribution in [0.5, 0.6) is 0 Å². The highest BCUT2D eigenvalue weighted by atomic mass is 16.3. The average molecular weight is 893 g/mol. The van der Waals surface area contributed by atoms with E-state index in [1.807, 2.05) is 0 Å². The van der Waals surface area contributed by atoms with Crippen LogP contribution in [-0.4, -0.2) is 0 Å². The topological polar surface area (TPSA) is 32.8 Å². The van der Waals surface area contributed by atoms with Crippen molar-refractivity contribution in [2.24, 2.45) is 0 Å². The van der Waals surface area contributed by atoms with Gasteiger partial charge in [0.2, 0.25) is 0 Å². The van der Waals surface area contributed by atoms with E-state index in [0.717, 1.165) is 99.5 Å². The number of furan rings is 2. The molecule has 0 saturated heterocycles. The van der Waals surface area contributed by atoms with E-state index in [2.05, 4.69) is 252 Å². The third-order valence-electron chi connectivity index (χ3n) is 14.5. The zero-order valence-corrected chi connectivity index (χ0v) is 37.8. The van der Waals surface area contributed by atoms with Gasteiger partial charge in [-0.15, -0.1) is 0 Å². The summed E-state index contributed by atoms with van der Waals surface area (Å²) < 4.78 is 14.1. The molecule has 2 aromatic heterocycles. The molecular formula is C66H40N2O2. The second-order valence-corrected chi connectivity index (χ2v) is 18.4. The van der Waals surface area contributed by atoms with Crippen LogP contribution in [0.15, 0.2) is 251 Å². The van der Waals surface area contributed by atoms with Crippen molar-refractivity contribution in [1.82, 2.24) is 0 Å². The molecule has 0 amide bonds. The number of benzene rings is 13. The summed E-state index contributed by atoms with van der Waals surface area (Å²) in [6.07, 6.45) is 0. The first-order valence-electron chi connectivity index (χ1n) is 23.9. The molecule has 0 unspecified atom stereocenters. The van der Waals surface area contributed by atoms with Crippen LogP contribution in [0.4, 0.5) is 34.1 Å². The zero-order valence-electron chi connectivity index (χ0n) is 37.8. The minimum absolute atomic E-state index is 0.818. The number of hydrogen-bond acceptors (Lipinski definition) is 4. The Labute approximate surface area is 402 Å². The first-order chi connectivity index (χ1) is 34.7. The summed E-state index contributed by atoms with van der Waals surface area (Å²) in [7, 11) is 0. The molecule has 0 saturated carbocycles. The third kappa shape index (κ3) is 5.84. The Morgan fingerprint density at radius 3 is 0.986 bits per heavy atom. The summed E-state index contributed by atoms with van der Waals surface area (Å²) in [5.74, 6) is 0. The monoisotopic (exact) mass is 892 g/mol. The van der Waals surface area contributed by atoms with Crippen LogP contribution in [0, 0.1) is 0 Å². The van der Waals surface area contributed by atoms with Gasteiger partial charge in [-0.2, -0.15) is 0 Å². The molecule has 15 aromatic rings. The van der Waals surface area contributed by atoms with E-state index in [0.29, 0.717) is 0 Å². The van der Waals surface area contributed by atoms with Crippen molar-refractivity contribution in [2.45, 2.75) is 0 Å². The predicted molar refractivity (Wildman–Crippen MR) is 295 cm³/mol. The Kier molecular flexibility index (Phi) is 8.33. The highest BCUT2D eigenvalue weighted by Gasteiger charge is 2.24. The smallest absolute Gasteiger partial charge is 0.138 e. The van der Waals surface area contributed by atoms with Gasteiger partial charge in [-0.05, 0) is 115 Å². The quantitative estimate of drug-likeness (QED) is 0.156. The lowest BCUT2D eigenvalue weighted by Gasteiger charge is -2.27. The summed E-state index contributed by atoms with van der Waals surface area (Å²) >= 11 is 0. The Bertz CT molecular complexity index is 4310. The molecule has 0 fully saturated rings. The van der Waals surface area contributed by atoms with E-state index < -0.39 is 0 Å². The van der Waals surface area contributed by atoms with Gasteiger partial charge in [-0.3, -0.25) is 0 Å². The van der Waals surface area contributed by atoms with Crippen LogP contribution in [0.1, 0.15) is 0 Å². The Morgan fingerprint density at radius 1 is 0.214 bits per heavy atom. The van der Waals surface area contributed by atoms with Gasteiger partial charge >= 0.3 is 0 Å². The van der Waals surface area contributed by atoms with Gasteiger partial charge in [0.15, 0.2) is 0 Å². The standard InChI is InChI=1S/C66H40N2O2/c1-3-17-45(18-4-1)67(47-33-31-43-29-27-41-15-7-9-21-49(41)55(43)35-47)59-39-63-65(53-25-13-11-23-51(53)59)57-37-62-58(38-61(57)69-63)66-54-26-14-12-24-52(54)60(40-64(66)70-62)68(46-19-5-2-6-20-46)48-34-32-44-30-28-42-16-8-10-22-50(42)56(44)36-48/h1-40H. The Balaban J connectivity index is 0.941. The van der Waals surface area contributed by atoms with Crippen molar-refractivity contribution < 1.29 is 8.83 Å². The average Bonchev–Trinajstić information content (AvgIpc) is 3.98. The highest BCUT2D eigenvalue weighted by Crippen LogP contribution is 2.49. The van der Waals surface area contributed by atoms with E-state index in [-0.39, 0.29) is 0 Å². The summed E-state index contributed by atoms with van der Waals surface area (Å²) in [4.78, 5) is 4.75. The molecule has 0 aliphatic rings. The van der Waals surface area contributed by atoms with E-state index in [1.54, 1.807) is 0 Å². The zero-order chi connectivity index (χ0) is 45.9. The van der Waals surface area contributed by atoms with E-state index in [9.17, 15) is 0 Å². The molecule has 0 radical (unpaired) electrons. The maximum absolute atomic E-state index is 7.06. The molecule has 326 valence electrons. The molecule has 4 nitrogen and oxygen atoms in total. The molecule has 0 spiro atoms. The Morgan fingerprint density at radius 2 is 0.557 bits per heavy atom. The number of para-hydroxylation sites is 2. The van der Waals surface area contributed by atoms with Gasteiger partial charge < -0.3 is 18.6 Å². The minimum atomic E-state index is 0.818. The number of hydrogen-bond donors (Lipinski definition) is 0. The van der Waals surface area contributed by atoms with Gasteiger partial charge in [0, 0.05) is 67.2 Å². The lowest BCUT2D eigenvalue weighted by molar-refractivity contribution is 0.664. The molecule has 4 heteroatoms. The maximum atomic E-state index is 7.06. The molecule has 15 rings (SSSR count). The van der Waals surface area contributed by atoms with Gasteiger partial charge in [0.1, 0.15) is 22.3 Å². The third-order valence-corrected chi connectivity index (χ3v) is 14.5. The lowest BCUT2D eigenvalue weighted by atomic mass is 9.98. The van der Waals surface area contributed by atoms with Crippen molar-refractivity contribution in [3.8, 4) is 0 Å². The summed E-state index contributed by atoms with van der Waals surface area (Å²) in [5, 5.41) is 18.4. The summed E-state index contributed by atoms with van der Waals surface area (Å²) in [6, 6.07) is 87.4. The molecule has 0 aliphatic heterocycles. The largest absolute Gasteiger partial charge is 0.456 e. The van der Waals surface area contributed by atoms with Gasteiger partial charge in [0.05, 0.1) is 11.4 Å². The van der Waals surface area contributed by atoms with E-state index in [4.69, 9.17) is 8.83 Å². The molecule has 0 bridgehead atoms. The summed E-state index contributed by atoms with van der Waals surface area (Å²) in [5.41, 5.74) is 9.65. The van der Waals surface area contributed by atoms with Crippen LogP contribution >= 0.6 is 0 Å². The molecule has 0 N–H and O–H groups in total. The minimum Gasteiger partial charge on any atom is -0.456 e. The van der Waals surface area contributed by atoms with E-state index >= 15 is 0 Å². The normalized spacial score (nSPS) is 12.0. The number of fused-ring (bicyclic) bond motifs is 16. The fourth-order valence-corrected chi connectivity index (χ4v) is 11.4. The second kappa shape index (κ2) is 15.1. The van der Waals surface area contributed by atoms with Gasteiger partial charge in [0.25, 0.3) is 0 Å². The number of nitrogens with zero attached hydrogens (tertiary/aromatic N) is 2.